The van der Waals surface area contributed by atoms with Gasteiger partial charge in [-0.3, -0.25) is 9.69 Å². The summed E-state index contributed by atoms with van der Waals surface area (Å²) < 4.78 is 5.33. The minimum atomic E-state index is -0.224. The van der Waals surface area contributed by atoms with Gasteiger partial charge >= 0.3 is 0 Å². The summed E-state index contributed by atoms with van der Waals surface area (Å²) in [5.41, 5.74) is 1.12. The molecule has 6 heteroatoms. The zero-order chi connectivity index (χ0) is 14.4. The molecule has 106 valence electrons. The zero-order valence-electron chi connectivity index (χ0n) is 11.1. The van der Waals surface area contributed by atoms with Crippen LogP contribution in [0.1, 0.15) is 5.56 Å². The molecule has 0 radical (unpaired) electrons. The first kappa shape index (κ1) is 14.5. The number of hydrogen-bond donors (Lipinski definition) is 2. The summed E-state index contributed by atoms with van der Waals surface area (Å²) in [7, 11) is 0. The fourth-order valence-electron chi connectivity index (χ4n) is 2.10. The third-order valence-corrected chi connectivity index (χ3v) is 3.07. The van der Waals surface area contributed by atoms with E-state index < -0.39 is 0 Å². The predicted octanol–water partition coefficient (Wildman–Crippen LogP) is 0.190. The van der Waals surface area contributed by atoms with Crippen molar-refractivity contribution in [2.24, 2.45) is 0 Å². The van der Waals surface area contributed by atoms with Crippen LogP contribution in [0.3, 0.4) is 0 Å². The van der Waals surface area contributed by atoms with Crippen LogP contribution in [0.15, 0.2) is 24.3 Å². The number of nitriles is 1. The van der Waals surface area contributed by atoms with Crippen molar-refractivity contribution in [1.29, 1.82) is 5.26 Å². The highest BCUT2D eigenvalue weighted by Gasteiger charge is 2.21. The van der Waals surface area contributed by atoms with Crippen molar-refractivity contribution in [1.82, 2.24) is 4.90 Å². The number of nitrogens with zero attached hydrogens (tertiary/aromatic N) is 2. The Morgan fingerprint density at radius 2 is 2.45 bits per heavy atom. The molecule has 1 fully saturated rings. The van der Waals surface area contributed by atoms with Crippen molar-refractivity contribution in [3.8, 4) is 6.07 Å². The molecule has 1 aromatic carbocycles. The number of amides is 1. The third-order valence-electron chi connectivity index (χ3n) is 3.07. The maximum absolute atomic E-state index is 11.9. The first-order valence-electron chi connectivity index (χ1n) is 6.46. The fourth-order valence-corrected chi connectivity index (χ4v) is 2.10. The van der Waals surface area contributed by atoms with Crippen LogP contribution >= 0.6 is 0 Å². The number of benzene rings is 1. The molecule has 20 heavy (non-hydrogen) atoms. The van der Waals surface area contributed by atoms with Gasteiger partial charge in [0.05, 0.1) is 37.5 Å². The molecule has 1 aromatic rings. The van der Waals surface area contributed by atoms with E-state index in [1.165, 1.54) is 0 Å². The molecule has 1 aliphatic rings. The van der Waals surface area contributed by atoms with Crippen molar-refractivity contribution >= 4 is 11.6 Å². The van der Waals surface area contributed by atoms with Gasteiger partial charge in [0.25, 0.3) is 0 Å². The van der Waals surface area contributed by atoms with Crippen LogP contribution in [0.2, 0.25) is 0 Å². The van der Waals surface area contributed by atoms with E-state index in [4.69, 9.17) is 15.1 Å². The first-order chi connectivity index (χ1) is 9.71. The number of ether oxygens (including phenoxy) is 1. The summed E-state index contributed by atoms with van der Waals surface area (Å²) >= 11 is 0. The molecule has 1 atom stereocenters. The molecule has 1 saturated heterocycles. The minimum absolute atomic E-state index is 0.0394. The summed E-state index contributed by atoms with van der Waals surface area (Å²) in [4.78, 5) is 13.9. The van der Waals surface area contributed by atoms with Gasteiger partial charge in [0, 0.05) is 18.8 Å². The normalized spacial score (nSPS) is 19.3. The standard InChI is InChI=1S/C14H17N3O3/c15-7-11-2-1-3-12(6-11)16-14(19)9-17-4-5-20-13(8-17)10-18/h1-3,6,13,18H,4-5,8-10H2,(H,16,19). The van der Waals surface area contributed by atoms with Gasteiger partial charge in [-0.1, -0.05) is 6.07 Å². The summed E-state index contributed by atoms with van der Waals surface area (Å²) in [6.45, 7) is 1.94. The van der Waals surface area contributed by atoms with Crippen LogP contribution in [-0.4, -0.2) is 54.9 Å². The lowest BCUT2D eigenvalue weighted by atomic mass is 10.2. The van der Waals surface area contributed by atoms with Crippen LogP contribution < -0.4 is 5.32 Å². The van der Waals surface area contributed by atoms with E-state index in [9.17, 15) is 4.79 Å². The maximum atomic E-state index is 11.9. The Morgan fingerprint density at radius 1 is 1.60 bits per heavy atom. The fraction of sp³-hybridized carbons (Fsp3) is 0.429. The summed E-state index contributed by atoms with van der Waals surface area (Å²) in [6.07, 6.45) is -0.224. The van der Waals surface area contributed by atoms with Crippen molar-refractivity contribution in [3.63, 3.8) is 0 Å². The van der Waals surface area contributed by atoms with Crippen LogP contribution in [-0.2, 0) is 9.53 Å². The number of aliphatic hydroxyl groups is 1. The number of nitrogens with one attached hydrogen (secondary N) is 1. The molecule has 6 nitrogen and oxygen atoms in total. The van der Waals surface area contributed by atoms with E-state index in [-0.39, 0.29) is 25.2 Å². The van der Waals surface area contributed by atoms with E-state index in [1.807, 2.05) is 11.0 Å². The lowest BCUT2D eigenvalue weighted by Crippen LogP contribution is -2.46. The largest absolute Gasteiger partial charge is 0.394 e. The minimum Gasteiger partial charge on any atom is -0.394 e. The van der Waals surface area contributed by atoms with E-state index in [0.29, 0.717) is 30.9 Å². The second-order valence-electron chi connectivity index (χ2n) is 4.65. The van der Waals surface area contributed by atoms with Crippen molar-refractivity contribution in [2.45, 2.75) is 6.10 Å². The number of carbonyl (C=O) groups excluding carboxylic acids is 1. The summed E-state index contributed by atoms with van der Waals surface area (Å²) in [5.74, 6) is -0.140. The van der Waals surface area contributed by atoms with Crippen molar-refractivity contribution in [3.05, 3.63) is 29.8 Å². The van der Waals surface area contributed by atoms with E-state index in [1.54, 1.807) is 24.3 Å². The Kier molecular flexibility index (Phi) is 5.07. The average Bonchev–Trinajstić information content (AvgIpc) is 2.47. The Bertz CT molecular complexity index is 513. The highest BCUT2D eigenvalue weighted by molar-refractivity contribution is 5.92. The molecule has 0 bridgehead atoms. The Labute approximate surface area is 117 Å². The van der Waals surface area contributed by atoms with E-state index >= 15 is 0 Å². The van der Waals surface area contributed by atoms with Gasteiger partial charge in [-0.25, -0.2) is 0 Å². The molecule has 1 heterocycles. The highest BCUT2D eigenvalue weighted by Crippen LogP contribution is 2.10. The van der Waals surface area contributed by atoms with Crippen LogP contribution in [0.4, 0.5) is 5.69 Å². The molecule has 0 aliphatic carbocycles. The molecule has 0 aromatic heterocycles. The van der Waals surface area contributed by atoms with Gasteiger partial charge in [0.1, 0.15) is 0 Å². The predicted molar refractivity (Wildman–Crippen MR) is 73.1 cm³/mol. The number of anilines is 1. The topological polar surface area (TPSA) is 85.6 Å². The van der Waals surface area contributed by atoms with Gasteiger partial charge in [0.2, 0.25) is 5.91 Å². The zero-order valence-corrected chi connectivity index (χ0v) is 11.1. The molecule has 0 saturated carbocycles. The van der Waals surface area contributed by atoms with Crippen molar-refractivity contribution in [2.75, 3.05) is 38.2 Å². The number of aliphatic hydroxyl groups excluding tert-OH is 1. The molecular formula is C14H17N3O3. The lowest BCUT2D eigenvalue weighted by molar-refractivity contribution is -0.120. The van der Waals surface area contributed by atoms with Gasteiger partial charge in [-0.15, -0.1) is 0 Å². The Hall–Kier alpha value is -1.94. The molecule has 1 unspecified atom stereocenters. The van der Waals surface area contributed by atoms with Crippen LogP contribution in [0, 0.1) is 11.3 Å². The lowest BCUT2D eigenvalue weighted by Gasteiger charge is -2.31. The Balaban J connectivity index is 1.87. The molecular weight excluding hydrogens is 258 g/mol. The quantitative estimate of drug-likeness (QED) is 0.819. The third kappa shape index (κ3) is 4.03. The smallest absolute Gasteiger partial charge is 0.238 e. The second-order valence-corrected chi connectivity index (χ2v) is 4.65. The molecule has 2 rings (SSSR count). The van der Waals surface area contributed by atoms with E-state index in [2.05, 4.69) is 5.32 Å². The number of carbonyl (C=O) groups is 1. The number of rotatable bonds is 4. The van der Waals surface area contributed by atoms with Gasteiger partial charge in [-0.05, 0) is 18.2 Å². The second kappa shape index (κ2) is 7.01. The SMILES string of the molecule is N#Cc1cccc(NC(=O)CN2CCOC(CO)C2)c1. The van der Waals surface area contributed by atoms with E-state index in [0.717, 1.165) is 0 Å². The highest BCUT2D eigenvalue weighted by atomic mass is 16.5. The number of hydrogen-bond acceptors (Lipinski definition) is 5. The maximum Gasteiger partial charge on any atom is 0.238 e. The molecule has 1 amide bonds. The monoisotopic (exact) mass is 275 g/mol. The molecule has 2 N–H and O–H groups in total. The summed E-state index contributed by atoms with van der Waals surface area (Å²) in [6, 6.07) is 8.82. The average molecular weight is 275 g/mol. The van der Waals surface area contributed by atoms with Crippen molar-refractivity contribution < 1.29 is 14.6 Å². The summed E-state index contributed by atoms with van der Waals surface area (Å²) in [5, 5.41) is 20.6. The van der Waals surface area contributed by atoms with Crippen LogP contribution in [0.25, 0.3) is 0 Å². The Morgan fingerprint density at radius 3 is 3.20 bits per heavy atom. The van der Waals surface area contributed by atoms with Crippen LogP contribution in [0.5, 0.6) is 0 Å². The molecule has 1 aliphatic heterocycles. The van der Waals surface area contributed by atoms with Gasteiger partial charge in [-0.2, -0.15) is 5.26 Å². The van der Waals surface area contributed by atoms with Gasteiger partial charge in [0.15, 0.2) is 0 Å². The number of morpholine rings is 1. The first-order valence-corrected chi connectivity index (χ1v) is 6.46. The van der Waals surface area contributed by atoms with Gasteiger partial charge < -0.3 is 15.2 Å². The molecule has 0 spiro atoms.